The minimum absolute atomic E-state index is 0.0781. The topological polar surface area (TPSA) is 101 Å². The maximum Gasteiger partial charge on any atom is 0.258 e. The highest BCUT2D eigenvalue weighted by atomic mass is 79.9. The molecule has 34 heavy (non-hydrogen) atoms. The molecule has 0 bridgehead atoms. The lowest BCUT2D eigenvalue weighted by molar-refractivity contribution is 0.102. The van der Waals surface area contributed by atoms with Crippen LogP contribution in [0.5, 0.6) is 0 Å². The number of carbonyl (C=O) groups excluding carboxylic acids is 2. The first-order valence-electron chi connectivity index (χ1n) is 10.0. The van der Waals surface area contributed by atoms with Crippen LogP contribution in [-0.2, 0) is 0 Å². The number of nitrogens with zero attached hydrogens (tertiary/aromatic N) is 2. The average Bonchev–Trinajstić information content (AvgIpc) is 2.85. The average molecular weight is 533 g/mol. The van der Waals surface area contributed by atoms with Crippen LogP contribution in [0.2, 0.25) is 0 Å². The van der Waals surface area contributed by atoms with E-state index in [0.717, 1.165) is 20.5 Å². The Labute approximate surface area is 209 Å². The predicted octanol–water partition coefficient (Wildman–Crippen LogP) is 6.70. The van der Waals surface area contributed by atoms with Gasteiger partial charge in [-0.25, -0.2) is 4.98 Å². The molecule has 0 radical (unpaired) electrons. The molecule has 1 heterocycles. The number of rotatable bonds is 6. The van der Waals surface area contributed by atoms with E-state index in [-0.39, 0.29) is 16.9 Å². The minimum atomic E-state index is -0.497. The summed E-state index contributed by atoms with van der Waals surface area (Å²) in [6.07, 6.45) is 1.55. The molecule has 0 fully saturated rings. The summed E-state index contributed by atoms with van der Waals surface area (Å²) in [5, 5.41) is 8.28. The number of hydrogen-bond acceptors (Lipinski definition) is 6. The van der Waals surface area contributed by atoms with Gasteiger partial charge in [0, 0.05) is 21.1 Å². The summed E-state index contributed by atoms with van der Waals surface area (Å²) in [6, 6.07) is 22.2. The van der Waals surface area contributed by atoms with Gasteiger partial charge in [0.05, 0.1) is 11.3 Å². The Bertz CT molecular complexity index is 1380. The number of benzene rings is 3. The fourth-order valence-electron chi connectivity index (χ4n) is 3.24. The number of pyridine rings is 1. The SMILES string of the molecule is O=Nc1ccc(C(=O)Nc2ccc(Br)cn2)c(NC(=O)c2ccc(-c3ccccc3S)cc2)c1. The van der Waals surface area contributed by atoms with Crippen LogP contribution in [0.3, 0.4) is 0 Å². The fourth-order valence-corrected chi connectivity index (χ4v) is 3.76. The molecule has 4 aromatic rings. The van der Waals surface area contributed by atoms with Gasteiger partial charge in [-0.1, -0.05) is 30.3 Å². The lowest BCUT2D eigenvalue weighted by atomic mass is 10.0. The third-order valence-corrected chi connectivity index (χ3v) is 5.79. The van der Waals surface area contributed by atoms with Crippen molar-refractivity contribution >= 4 is 57.6 Å². The van der Waals surface area contributed by atoms with E-state index >= 15 is 0 Å². The number of halogens is 1. The standard InChI is InChI=1S/C25H17BrN4O3S/c26-17-9-12-23(27-14-17)29-25(32)20-11-10-18(30-33)13-21(20)28-24(31)16-7-5-15(6-8-16)19-3-1-2-4-22(19)34/h1-14,34H,(H,28,31)(H,27,29,32). The lowest BCUT2D eigenvalue weighted by Crippen LogP contribution is -2.18. The van der Waals surface area contributed by atoms with Crippen LogP contribution in [0.1, 0.15) is 20.7 Å². The van der Waals surface area contributed by atoms with Gasteiger partial charge >= 0.3 is 0 Å². The second-order valence-corrected chi connectivity index (χ2v) is 8.58. The van der Waals surface area contributed by atoms with E-state index in [4.69, 9.17) is 0 Å². The van der Waals surface area contributed by atoms with E-state index in [9.17, 15) is 14.5 Å². The zero-order chi connectivity index (χ0) is 24.1. The Morgan fingerprint density at radius 1 is 0.882 bits per heavy atom. The molecule has 2 amide bonds. The number of nitroso groups, excluding NO2 is 1. The molecule has 2 N–H and O–H groups in total. The molecular formula is C25H17BrN4O3S. The molecular weight excluding hydrogens is 516 g/mol. The summed E-state index contributed by atoms with van der Waals surface area (Å²) in [5.41, 5.74) is 2.63. The Morgan fingerprint density at radius 3 is 2.32 bits per heavy atom. The third kappa shape index (κ3) is 5.38. The van der Waals surface area contributed by atoms with Gasteiger partial charge in [-0.15, -0.1) is 17.5 Å². The number of nitrogens with one attached hydrogen (secondary N) is 2. The molecule has 168 valence electrons. The van der Waals surface area contributed by atoms with Crippen molar-refractivity contribution in [2.45, 2.75) is 4.90 Å². The highest BCUT2D eigenvalue weighted by molar-refractivity contribution is 9.10. The van der Waals surface area contributed by atoms with E-state index in [0.29, 0.717) is 11.4 Å². The van der Waals surface area contributed by atoms with E-state index in [1.807, 2.05) is 36.4 Å². The highest BCUT2D eigenvalue weighted by Crippen LogP contribution is 2.28. The molecule has 4 rings (SSSR count). The van der Waals surface area contributed by atoms with Gasteiger partial charge in [0.1, 0.15) is 11.5 Å². The van der Waals surface area contributed by atoms with Crippen molar-refractivity contribution in [2.24, 2.45) is 5.18 Å². The van der Waals surface area contributed by atoms with Gasteiger partial charge in [0.25, 0.3) is 11.8 Å². The first-order chi connectivity index (χ1) is 16.4. The number of aromatic nitrogens is 1. The van der Waals surface area contributed by atoms with Crippen LogP contribution in [0.25, 0.3) is 11.1 Å². The Kier molecular flexibility index (Phi) is 7.15. The molecule has 7 nitrogen and oxygen atoms in total. The van der Waals surface area contributed by atoms with Gasteiger partial charge in [-0.3, -0.25) is 9.59 Å². The van der Waals surface area contributed by atoms with Crippen LogP contribution in [0.4, 0.5) is 17.2 Å². The summed E-state index contributed by atoms with van der Waals surface area (Å²) in [7, 11) is 0. The summed E-state index contributed by atoms with van der Waals surface area (Å²) in [4.78, 5) is 41.7. The minimum Gasteiger partial charge on any atom is -0.321 e. The third-order valence-electron chi connectivity index (χ3n) is 4.93. The lowest BCUT2D eigenvalue weighted by Gasteiger charge is -2.12. The first kappa shape index (κ1) is 23.3. The zero-order valence-electron chi connectivity index (χ0n) is 17.5. The monoisotopic (exact) mass is 532 g/mol. The van der Waals surface area contributed by atoms with Gasteiger partial charge in [0.2, 0.25) is 0 Å². The summed E-state index contributed by atoms with van der Waals surface area (Å²) >= 11 is 7.76. The molecule has 0 aliphatic carbocycles. The van der Waals surface area contributed by atoms with E-state index in [1.54, 1.807) is 30.5 Å². The van der Waals surface area contributed by atoms with Crippen molar-refractivity contribution in [2.75, 3.05) is 10.6 Å². The van der Waals surface area contributed by atoms with Gasteiger partial charge in [-0.05, 0) is 80.8 Å². The van der Waals surface area contributed by atoms with Crippen LogP contribution in [0.15, 0.2) is 99.6 Å². The second kappa shape index (κ2) is 10.4. The van der Waals surface area contributed by atoms with Crippen molar-refractivity contribution < 1.29 is 9.59 Å². The number of anilines is 2. The number of amides is 2. The Hall–Kier alpha value is -3.82. The van der Waals surface area contributed by atoms with Crippen molar-refractivity contribution in [3.63, 3.8) is 0 Å². The normalized spacial score (nSPS) is 10.4. The van der Waals surface area contributed by atoms with E-state index in [1.165, 1.54) is 18.2 Å². The molecule has 0 spiro atoms. The summed E-state index contributed by atoms with van der Waals surface area (Å²) < 4.78 is 0.767. The Balaban J connectivity index is 1.57. The quantitative estimate of drug-likeness (QED) is 0.190. The molecule has 9 heteroatoms. The Morgan fingerprint density at radius 2 is 1.65 bits per heavy atom. The van der Waals surface area contributed by atoms with Gasteiger partial charge in [0.15, 0.2) is 0 Å². The molecule has 0 atom stereocenters. The van der Waals surface area contributed by atoms with Gasteiger partial charge < -0.3 is 10.6 Å². The molecule has 0 saturated carbocycles. The van der Waals surface area contributed by atoms with Crippen LogP contribution < -0.4 is 10.6 Å². The van der Waals surface area contributed by atoms with E-state index in [2.05, 4.69) is 49.4 Å². The maximum absolute atomic E-state index is 12.9. The summed E-state index contributed by atoms with van der Waals surface area (Å²) in [5.74, 6) is -0.601. The van der Waals surface area contributed by atoms with Gasteiger partial charge in [-0.2, -0.15) is 0 Å². The molecule has 0 saturated heterocycles. The highest BCUT2D eigenvalue weighted by Gasteiger charge is 2.17. The van der Waals surface area contributed by atoms with Crippen molar-refractivity contribution in [3.8, 4) is 11.1 Å². The maximum atomic E-state index is 12.9. The number of thiol groups is 1. The zero-order valence-corrected chi connectivity index (χ0v) is 20.0. The number of carbonyl (C=O) groups is 2. The van der Waals surface area contributed by atoms with Crippen LogP contribution in [0, 0.1) is 4.91 Å². The van der Waals surface area contributed by atoms with Crippen molar-refractivity contribution in [3.05, 3.63) is 106 Å². The molecule has 0 aliphatic rings. The fraction of sp³-hybridized carbons (Fsp3) is 0. The molecule has 3 aromatic carbocycles. The van der Waals surface area contributed by atoms with Crippen molar-refractivity contribution in [1.82, 2.24) is 4.98 Å². The largest absolute Gasteiger partial charge is 0.321 e. The van der Waals surface area contributed by atoms with Crippen LogP contribution in [-0.4, -0.2) is 16.8 Å². The molecule has 0 unspecified atom stereocenters. The molecule has 1 aromatic heterocycles. The van der Waals surface area contributed by atoms with Crippen molar-refractivity contribution in [1.29, 1.82) is 0 Å². The summed E-state index contributed by atoms with van der Waals surface area (Å²) in [6.45, 7) is 0. The first-order valence-corrected chi connectivity index (χ1v) is 11.3. The second-order valence-electron chi connectivity index (χ2n) is 7.19. The molecule has 0 aliphatic heterocycles. The number of hydrogen-bond donors (Lipinski definition) is 3. The van der Waals surface area contributed by atoms with E-state index < -0.39 is 11.8 Å². The predicted molar refractivity (Wildman–Crippen MR) is 139 cm³/mol. The smallest absolute Gasteiger partial charge is 0.258 e. The van der Waals surface area contributed by atoms with Crippen LogP contribution >= 0.6 is 28.6 Å².